The second-order valence-corrected chi connectivity index (χ2v) is 6.81. The summed E-state index contributed by atoms with van der Waals surface area (Å²) < 4.78 is 0. The van der Waals surface area contributed by atoms with Gasteiger partial charge >= 0.3 is 0 Å². The van der Waals surface area contributed by atoms with Crippen LogP contribution in [-0.2, 0) is 0 Å². The van der Waals surface area contributed by atoms with Gasteiger partial charge in [0.25, 0.3) is 0 Å². The third-order valence-corrected chi connectivity index (χ3v) is 4.78. The number of halogens is 4. The smallest absolute Gasteiger partial charge is 0.142 e. The van der Waals surface area contributed by atoms with E-state index in [-0.39, 0.29) is 11.4 Å². The molecule has 7 heteroatoms. The normalized spacial score (nSPS) is 10.5. The Bertz CT molecular complexity index is 1010. The van der Waals surface area contributed by atoms with E-state index in [1.54, 1.807) is 42.5 Å². The van der Waals surface area contributed by atoms with Gasteiger partial charge in [-0.1, -0.05) is 52.5 Å². The topological polar surface area (TPSA) is 62.7 Å². The summed E-state index contributed by atoms with van der Waals surface area (Å²) in [4.78, 5) is 4.29. The van der Waals surface area contributed by atoms with Gasteiger partial charge in [-0.2, -0.15) is 5.26 Å². The quantitative estimate of drug-likeness (QED) is 0.527. The molecule has 0 fully saturated rings. The molecule has 0 atom stereocenters. The molecule has 2 aromatic carbocycles. The van der Waals surface area contributed by atoms with E-state index in [1.165, 1.54) is 0 Å². The molecule has 25 heavy (non-hydrogen) atoms. The van der Waals surface area contributed by atoms with Crippen molar-refractivity contribution < 1.29 is 0 Å². The minimum absolute atomic E-state index is 0.0667. The first kappa shape index (κ1) is 17.8. The Hall–Kier alpha value is -1.96. The fraction of sp³-hybridized carbons (Fsp3) is 0. The number of nitrogens with two attached hydrogens (primary N) is 1. The maximum atomic E-state index is 9.50. The number of benzene rings is 2. The Morgan fingerprint density at radius 1 is 0.880 bits per heavy atom. The van der Waals surface area contributed by atoms with Crippen molar-refractivity contribution in [2.24, 2.45) is 0 Å². The summed E-state index contributed by atoms with van der Waals surface area (Å²) in [7, 11) is 0. The molecular weight excluding hydrogens is 400 g/mol. The summed E-state index contributed by atoms with van der Waals surface area (Å²) in [6.07, 6.45) is 0. The van der Waals surface area contributed by atoms with Gasteiger partial charge in [0.1, 0.15) is 17.5 Å². The van der Waals surface area contributed by atoms with Crippen molar-refractivity contribution in [2.45, 2.75) is 0 Å². The van der Waals surface area contributed by atoms with E-state index in [2.05, 4.69) is 11.1 Å². The van der Waals surface area contributed by atoms with Crippen LogP contribution in [0.4, 0.5) is 5.82 Å². The summed E-state index contributed by atoms with van der Waals surface area (Å²) in [5.74, 6) is 0.0667. The zero-order valence-corrected chi connectivity index (χ0v) is 15.5. The summed E-state index contributed by atoms with van der Waals surface area (Å²) in [6.45, 7) is 0. The Morgan fingerprint density at radius 2 is 1.56 bits per heavy atom. The highest BCUT2D eigenvalue weighted by Crippen LogP contribution is 2.40. The van der Waals surface area contributed by atoms with Crippen molar-refractivity contribution in [1.82, 2.24) is 4.98 Å². The number of aromatic nitrogens is 1. The van der Waals surface area contributed by atoms with Gasteiger partial charge in [-0.25, -0.2) is 4.98 Å². The van der Waals surface area contributed by atoms with Gasteiger partial charge in [-0.15, -0.1) is 0 Å². The molecular formula is C18H9Cl4N3. The lowest BCUT2D eigenvalue weighted by atomic mass is 9.98. The van der Waals surface area contributed by atoms with Crippen LogP contribution in [-0.4, -0.2) is 4.98 Å². The van der Waals surface area contributed by atoms with Crippen LogP contribution in [0.3, 0.4) is 0 Å². The van der Waals surface area contributed by atoms with Gasteiger partial charge in [0.15, 0.2) is 0 Å². The molecule has 1 heterocycles. The Morgan fingerprint density at radius 3 is 2.16 bits per heavy atom. The lowest BCUT2D eigenvalue weighted by molar-refractivity contribution is 1.31. The number of nitrogens with zero attached hydrogens (tertiary/aromatic N) is 2. The average Bonchev–Trinajstić information content (AvgIpc) is 2.54. The fourth-order valence-electron chi connectivity index (χ4n) is 2.47. The summed E-state index contributed by atoms with van der Waals surface area (Å²) in [6, 6.07) is 13.9. The summed E-state index contributed by atoms with van der Waals surface area (Å²) in [5, 5.41) is 11.2. The third-order valence-electron chi connectivity index (χ3n) is 3.60. The molecule has 0 aliphatic rings. The first-order valence-corrected chi connectivity index (χ1v) is 8.54. The SMILES string of the molecule is N#Cc1c(-c2c(Cl)cccc2Cl)cc(-c2ccc(Cl)cc2Cl)nc1N. The molecule has 0 unspecified atom stereocenters. The van der Waals surface area contributed by atoms with Crippen LogP contribution in [0.2, 0.25) is 20.1 Å². The Balaban J connectivity index is 2.33. The van der Waals surface area contributed by atoms with Crippen molar-refractivity contribution in [2.75, 3.05) is 5.73 Å². The van der Waals surface area contributed by atoms with Crippen molar-refractivity contribution in [3.05, 3.63) is 68.1 Å². The zero-order chi connectivity index (χ0) is 18.1. The fourth-order valence-corrected chi connectivity index (χ4v) is 3.58. The highest BCUT2D eigenvalue weighted by atomic mass is 35.5. The minimum Gasteiger partial charge on any atom is -0.383 e. The highest BCUT2D eigenvalue weighted by Gasteiger charge is 2.18. The molecule has 0 spiro atoms. The lowest BCUT2D eigenvalue weighted by Crippen LogP contribution is -2.00. The number of nitriles is 1. The largest absolute Gasteiger partial charge is 0.383 e. The Kier molecular flexibility index (Phi) is 5.08. The van der Waals surface area contributed by atoms with E-state index in [0.717, 1.165) is 0 Å². The molecule has 0 aliphatic carbocycles. The van der Waals surface area contributed by atoms with Gasteiger partial charge in [-0.05, 0) is 36.4 Å². The van der Waals surface area contributed by atoms with Crippen LogP contribution in [0.15, 0.2) is 42.5 Å². The maximum absolute atomic E-state index is 9.50. The van der Waals surface area contributed by atoms with Crippen LogP contribution >= 0.6 is 46.4 Å². The molecule has 3 rings (SSSR count). The highest BCUT2D eigenvalue weighted by molar-refractivity contribution is 6.39. The minimum atomic E-state index is 0.0667. The number of hydrogen-bond donors (Lipinski definition) is 1. The predicted molar refractivity (Wildman–Crippen MR) is 104 cm³/mol. The van der Waals surface area contributed by atoms with Crippen LogP contribution in [0, 0.1) is 11.3 Å². The van der Waals surface area contributed by atoms with E-state index < -0.39 is 0 Å². The molecule has 2 N–H and O–H groups in total. The third kappa shape index (κ3) is 3.40. The molecule has 3 nitrogen and oxygen atoms in total. The van der Waals surface area contributed by atoms with E-state index in [0.29, 0.717) is 42.5 Å². The van der Waals surface area contributed by atoms with E-state index >= 15 is 0 Å². The van der Waals surface area contributed by atoms with Gasteiger partial charge < -0.3 is 5.73 Å². The number of pyridine rings is 1. The monoisotopic (exact) mass is 407 g/mol. The zero-order valence-electron chi connectivity index (χ0n) is 12.5. The summed E-state index contributed by atoms with van der Waals surface area (Å²) in [5.41, 5.74) is 8.33. The standard InChI is InChI=1S/C18H9Cl4N3/c19-9-4-5-10(15(22)6-9)16-7-11(12(8-23)18(24)25-16)17-13(20)2-1-3-14(17)21/h1-7H,(H2,24,25). The predicted octanol–water partition coefficient (Wildman–Crippen LogP) is 6.48. The van der Waals surface area contributed by atoms with E-state index in [9.17, 15) is 5.26 Å². The van der Waals surface area contributed by atoms with Crippen LogP contribution < -0.4 is 5.73 Å². The van der Waals surface area contributed by atoms with Gasteiger partial charge in [0.05, 0.1) is 10.7 Å². The van der Waals surface area contributed by atoms with Crippen molar-refractivity contribution in [3.8, 4) is 28.5 Å². The molecule has 0 amide bonds. The number of nitrogen functional groups attached to an aromatic ring is 1. The first-order valence-electron chi connectivity index (χ1n) is 7.02. The van der Waals surface area contributed by atoms with Crippen molar-refractivity contribution in [3.63, 3.8) is 0 Å². The van der Waals surface area contributed by atoms with Crippen LogP contribution in [0.1, 0.15) is 5.56 Å². The van der Waals surface area contributed by atoms with E-state index in [4.69, 9.17) is 52.1 Å². The average molecular weight is 409 g/mol. The molecule has 0 saturated heterocycles. The Labute approximate surface area is 164 Å². The van der Waals surface area contributed by atoms with Gasteiger partial charge in [-0.3, -0.25) is 0 Å². The molecule has 3 aromatic rings. The van der Waals surface area contributed by atoms with Gasteiger partial charge in [0, 0.05) is 31.8 Å². The number of hydrogen-bond acceptors (Lipinski definition) is 3. The lowest BCUT2D eigenvalue weighted by Gasteiger charge is -2.13. The molecule has 1 aromatic heterocycles. The second kappa shape index (κ2) is 7.11. The van der Waals surface area contributed by atoms with Crippen LogP contribution in [0.25, 0.3) is 22.4 Å². The first-order chi connectivity index (χ1) is 11.9. The number of anilines is 1. The molecule has 124 valence electrons. The molecule has 0 saturated carbocycles. The summed E-state index contributed by atoms with van der Waals surface area (Å²) >= 11 is 24.8. The van der Waals surface area contributed by atoms with E-state index in [1.807, 2.05) is 0 Å². The molecule has 0 aliphatic heterocycles. The van der Waals surface area contributed by atoms with Crippen LogP contribution in [0.5, 0.6) is 0 Å². The van der Waals surface area contributed by atoms with Crippen molar-refractivity contribution in [1.29, 1.82) is 5.26 Å². The molecule has 0 bridgehead atoms. The second-order valence-electron chi connectivity index (χ2n) is 5.15. The molecule has 0 radical (unpaired) electrons. The number of rotatable bonds is 2. The van der Waals surface area contributed by atoms with Crippen molar-refractivity contribution >= 4 is 52.2 Å². The van der Waals surface area contributed by atoms with Gasteiger partial charge in [0.2, 0.25) is 0 Å². The maximum Gasteiger partial charge on any atom is 0.142 e.